The molecule has 1 aliphatic rings. The van der Waals surface area contributed by atoms with Crippen molar-refractivity contribution in [1.82, 2.24) is 10.3 Å². The number of benzene rings is 1. The molecule has 0 bridgehead atoms. The summed E-state index contributed by atoms with van der Waals surface area (Å²) < 4.78 is 12.9. The lowest BCUT2D eigenvalue weighted by atomic mass is 10.2. The van der Waals surface area contributed by atoms with Crippen LogP contribution < -0.4 is 10.2 Å². The molecular weight excluding hydrogens is 329 g/mol. The molecular formula is C18H21ClFN3O. The molecule has 0 aliphatic heterocycles. The molecule has 3 rings (SSSR count). The third-order valence-corrected chi connectivity index (χ3v) is 3.99. The number of hydrogen-bond acceptors (Lipinski definition) is 3. The van der Waals surface area contributed by atoms with E-state index in [0.717, 1.165) is 17.9 Å². The van der Waals surface area contributed by atoms with Crippen LogP contribution in [0.3, 0.4) is 0 Å². The zero-order valence-electron chi connectivity index (χ0n) is 13.5. The van der Waals surface area contributed by atoms with Crippen LogP contribution in [-0.4, -0.2) is 23.5 Å². The Bertz CT molecular complexity index is 672. The second-order valence-corrected chi connectivity index (χ2v) is 5.73. The molecule has 24 heavy (non-hydrogen) atoms. The molecule has 1 aliphatic carbocycles. The molecule has 1 fully saturated rings. The minimum Gasteiger partial charge on any atom is -0.354 e. The van der Waals surface area contributed by atoms with E-state index < -0.39 is 0 Å². The molecule has 4 nitrogen and oxygen atoms in total. The molecule has 0 saturated heterocycles. The van der Waals surface area contributed by atoms with E-state index in [4.69, 9.17) is 0 Å². The Kier molecular flexibility index (Phi) is 6.15. The van der Waals surface area contributed by atoms with Crippen molar-refractivity contribution in [3.8, 4) is 0 Å². The summed E-state index contributed by atoms with van der Waals surface area (Å²) in [4.78, 5) is 18.8. The van der Waals surface area contributed by atoms with Gasteiger partial charge in [-0.15, -0.1) is 12.4 Å². The number of anilines is 1. The molecule has 0 atom stereocenters. The van der Waals surface area contributed by atoms with E-state index in [9.17, 15) is 9.18 Å². The van der Waals surface area contributed by atoms with Crippen molar-refractivity contribution in [1.29, 1.82) is 0 Å². The summed E-state index contributed by atoms with van der Waals surface area (Å²) in [6, 6.07) is 10.1. The predicted octanol–water partition coefficient (Wildman–Crippen LogP) is 3.56. The standard InChI is InChI=1S/C18H20FN3O.ClH/c1-2-22(16-8-9-16)17-10-3-13(11-20-17)12-21-18(23)14-4-6-15(19)7-5-14;/h3-7,10-11,16H,2,8-9,12H2,1H3,(H,21,23);1H. The number of carbonyl (C=O) groups is 1. The van der Waals surface area contributed by atoms with Gasteiger partial charge in [0.1, 0.15) is 11.6 Å². The largest absolute Gasteiger partial charge is 0.354 e. The zero-order valence-corrected chi connectivity index (χ0v) is 14.4. The fourth-order valence-electron chi connectivity index (χ4n) is 2.57. The molecule has 1 aromatic carbocycles. The highest BCUT2D eigenvalue weighted by Crippen LogP contribution is 2.30. The molecule has 0 unspecified atom stereocenters. The van der Waals surface area contributed by atoms with E-state index in [1.54, 1.807) is 6.20 Å². The van der Waals surface area contributed by atoms with Crippen LogP contribution in [0.15, 0.2) is 42.6 Å². The Balaban J connectivity index is 0.00000208. The first-order valence-corrected chi connectivity index (χ1v) is 7.92. The van der Waals surface area contributed by atoms with E-state index in [0.29, 0.717) is 18.2 Å². The Morgan fingerprint density at radius 3 is 2.50 bits per heavy atom. The molecule has 1 saturated carbocycles. The molecule has 0 radical (unpaired) electrons. The van der Waals surface area contributed by atoms with Gasteiger partial charge in [-0.25, -0.2) is 9.37 Å². The summed E-state index contributed by atoms with van der Waals surface area (Å²) in [5.74, 6) is 0.420. The fourth-order valence-corrected chi connectivity index (χ4v) is 2.57. The summed E-state index contributed by atoms with van der Waals surface area (Å²) in [5, 5.41) is 2.82. The number of halogens is 2. The number of pyridine rings is 1. The number of hydrogen-bond donors (Lipinski definition) is 1. The number of amides is 1. The molecule has 1 aromatic heterocycles. The van der Waals surface area contributed by atoms with Crippen molar-refractivity contribution in [2.24, 2.45) is 0 Å². The maximum atomic E-state index is 12.9. The number of nitrogens with one attached hydrogen (secondary N) is 1. The monoisotopic (exact) mass is 349 g/mol. The van der Waals surface area contributed by atoms with E-state index in [1.165, 1.54) is 37.1 Å². The third kappa shape index (κ3) is 4.45. The van der Waals surface area contributed by atoms with E-state index >= 15 is 0 Å². The molecule has 1 amide bonds. The third-order valence-electron chi connectivity index (χ3n) is 3.99. The second-order valence-electron chi connectivity index (χ2n) is 5.73. The van der Waals surface area contributed by atoms with Crippen LogP contribution in [0.2, 0.25) is 0 Å². The lowest BCUT2D eigenvalue weighted by Gasteiger charge is -2.21. The quantitative estimate of drug-likeness (QED) is 0.867. The van der Waals surface area contributed by atoms with Crippen molar-refractivity contribution in [3.63, 3.8) is 0 Å². The van der Waals surface area contributed by atoms with Gasteiger partial charge in [-0.3, -0.25) is 4.79 Å². The minimum atomic E-state index is -0.350. The predicted molar refractivity (Wildman–Crippen MR) is 95.1 cm³/mol. The summed E-state index contributed by atoms with van der Waals surface area (Å²) >= 11 is 0. The highest BCUT2D eigenvalue weighted by Gasteiger charge is 2.28. The van der Waals surface area contributed by atoms with Gasteiger partial charge in [0.05, 0.1) is 0 Å². The number of aromatic nitrogens is 1. The van der Waals surface area contributed by atoms with Gasteiger partial charge in [0.2, 0.25) is 0 Å². The Morgan fingerprint density at radius 2 is 1.96 bits per heavy atom. The van der Waals surface area contributed by atoms with E-state index in [2.05, 4.69) is 22.1 Å². The maximum absolute atomic E-state index is 12.9. The number of carbonyl (C=O) groups excluding carboxylic acids is 1. The van der Waals surface area contributed by atoms with Gasteiger partial charge >= 0.3 is 0 Å². The summed E-state index contributed by atoms with van der Waals surface area (Å²) in [6.07, 6.45) is 4.28. The van der Waals surface area contributed by atoms with E-state index in [1.807, 2.05) is 12.1 Å². The lowest BCUT2D eigenvalue weighted by molar-refractivity contribution is 0.0951. The van der Waals surface area contributed by atoms with Crippen LogP contribution in [0.25, 0.3) is 0 Å². The number of nitrogens with zero attached hydrogens (tertiary/aromatic N) is 2. The van der Waals surface area contributed by atoms with Gasteiger partial charge < -0.3 is 10.2 Å². The Labute approximate surface area is 147 Å². The molecule has 2 aromatic rings. The van der Waals surface area contributed by atoms with Gasteiger partial charge in [0.15, 0.2) is 0 Å². The van der Waals surface area contributed by atoms with Crippen molar-refractivity contribution in [2.45, 2.75) is 32.4 Å². The van der Waals surface area contributed by atoms with Crippen LogP contribution in [0.1, 0.15) is 35.7 Å². The zero-order chi connectivity index (χ0) is 16.2. The summed E-state index contributed by atoms with van der Waals surface area (Å²) in [7, 11) is 0. The average Bonchev–Trinajstić information content (AvgIpc) is 3.40. The van der Waals surface area contributed by atoms with Crippen LogP contribution >= 0.6 is 12.4 Å². The topological polar surface area (TPSA) is 45.2 Å². The molecule has 6 heteroatoms. The first-order chi connectivity index (χ1) is 11.2. The molecule has 0 spiro atoms. The van der Waals surface area contributed by atoms with Crippen LogP contribution in [-0.2, 0) is 6.54 Å². The highest BCUT2D eigenvalue weighted by molar-refractivity contribution is 5.94. The normalized spacial score (nSPS) is 13.1. The summed E-state index contributed by atoms with van der Waals surface area (Å²) in [5.41, 5.74) is 1.39. The Hall–Kier alpha value is -2.14. The van der Waals surface area contributed by atoms with Gasteiger partial charge in [0, 0.05) is 30.9 Å². The fraction of sp³-hybridized carbons (Fsp3) is 0.333. The molecule has 128 valence electrons. The van der Waals surface area contributed by atoms with Crippen LogP contribution in [0.4, 0.5) is 10.2 Å². The van der Waals surface area contributed by atoms with Crippen LogP contribution in [0, 0.1) is 5.82 Å². The second kappa shape index (κ2) is 8.11. The number of rotatable bonds is 6. The Morgan fingerprint density at radius 1 is 1.25 bits per heavy atom. The first kappa shape index (κ1) is 18.2. The van der Waals surface area contributed by atoms with Gasteiger partial charge in [-0.2, -0.15) is 0 Å². The van der Waals surface area contributed by atoms with E-state index in [-0.39, 0.29) is 24.1 Å². The lowest BCUT2D eigenvalue weighted by Crippen LogP contribution is -2.26. The van der Waals surface area contributed by atoms with Crippen LogP contribution in [0.5, 0.6) is 0 Å². The molecule has 1 heterocycles. The van der Waals surface area contributed by atoms with Crippen molar-refractivity contribution >= 4 is 24.1 Å². The SMILES string of the molecule is CCN(c1ccc(CNC(=O)c2ccc(F)cc2)cn1)C1CC1.Cl. The van der Waals surface area contributed by atoms with Gasteiger partial charge in [-0.05, 0) is 55.7 Å². The van der Waals surface area contributed by atoms with Gasteiger partial charge in [-0.1, -0.05) is 6.07 Å². The van der Waals surface area contributed by atoms with Gasteiger partial charge in [0.25, 0.3) is 5.91 Å². The molecule has 1 N–H and O–H groups in total. The minimum absolute atomic E-state index is 0. The average molecular weight is 350 g/mol. The highest BCUT2D eigenvalue weighted by atomic mass is 35.5. The first-order valence-electron chi connectivity index (χ1n) is 7.92. The van der Waals surface area contributed by atoms with Crippen molar-refractivity contribution < 1.29 is 9.18 Å². The van der Waals surface area contributed by atoms with Crippen molar-refractivity contribution in [2.75, 3.05) is 11.4 Å². The smallest absolute Gasteiger partial charge is 0.251 e. The summed E-state index contributed by atoms with van der Waals surface area (Å²) in [6.45, 7) is 3.49. The van der Waals surface area contributed by atoms with Crippen molar-refractivity contribution in [3.05, 3.63) is 59.5 Å². The maximum Gasteiger partial charge on any atom is 0.251 e.